The van der Waals surface area contributed by atoms with Gasteiger partial charge in [0.25, 0.3) is 0 Å². The SMILES string of the molecule is CC(C)CCNC(=O)NC(=O)CSc1nnc(N2CCCCC2)n1Cc1ccco1. The molecular weight excluding hydrogens is 404 g/mol. The van der Waals surface area contributed by atoms with Gasteiger partial charge in [0, 0.05) is 19.6 Å². The van der Waals surface area contributed by atoms with Gasteiger partial charge in [-0.3, -0.25) is 14.7 Å². The normalized spacial score (nSPS) is 14.2. The molecule has 3 amide bonds. The molecule has 1 saturated heterocycles. The van der Waals surface area contributed by atoms with Crippen LogP contribution >= 0.6 is 11.8 Å². The number of nitrogens with one attached hydrogen (secondary N) is 2. The third kappa shape index (κ3) is 6.51. The van der Waals surface area contributed by atoms with Gasteiger partial charge in [0.2, 0.25) is 11.9 Å². The molecule has 2 N–H and O–H groups in total. The average Bonchev–Trinajstić information content (AvgIpc) is 3.37. The summed E-state index contributed by atoms with van der Waals surface area (Å²) in [6, 6.07) is 3.29. The highest BCUT2D eigenvalue weighted by Crippen LogP contribution is 2.25. The Labute approximate surface area is 181 Å². The summed E-state index contributed by atoms with van der Waals surface area (Å²) in [5.74, 6) is 1.79. The molecule has 0 radical (unpaired) electrons. The van der Waals surface area contributed by atoms with E-state index in [0.29, 0.717) is 24.2 Å². The van der Waals surface area contributed by atoms with Crippen molar-refractivity contribution in [3.8, 4) is 0 Å². The van der Waals surface area contributed by atoms with Gasteiger partial charge in [-0.2, -0.15) is 0 Å². The molecule has 1 aliphatic rings. The number of anilines is 1. The number of rotatable bonds is 9. The van der Waals surface area contributed by atoms with Gasteiger partial charge >= 0.3 is 6.03 Å². The van der Waals surface area contributed by atoms with E-state index >= 15 is 0 Å². The van der Waals surface area contributed by atoms with E-state index in [9.17, 15) is 9.59 Å². The molecule has 0 spiro atoms. The summed E-state index contributed by atoms with van der Waals surface area (Å²) in [6.45, 7) is 7.08. The highest BCUT2D eigenvalue weighted by atomic mass is 32.2. The molecule has 164 valence electrons. The first-order valence-electron chi connectivity index (χ1n) is 10.4. The topological polar surface area (TPSA) is 105 Å². The van der Waals surface area contributed by atoms with Crippen LogP contribution in [0.1, 0.15) is 45.3 Å². The Morgan fingerprint density at radius 3 is 2.73 bits per heavy atom. The maximum absolute atomic E-state index is 12.2. The number of imide groups is 1. The van der Waals surface area contributed by atoms with Gasteiger partial charge in [0.05, 0.1) is 18.6 Å². The number of carbonyl (C=O) groups excluding carboxylic acids is 2. The molecule has 1 fully saturated rings. The number of aromatic nitrogens is 3. The number of amides is 3. The molecule has 0 aromatic carbocycles. The second-order valence-electron chi connectivity index (χ2n) is 7.77. The summed E-state index contributed by atoms with van der Waals surface area (Å²) in [7, 11) is 0. The van der Waals surface area contributed by atoms with Crippen LogP contribution in [0.3, 0.4) is 0 Å². The van der Waals surface area contributed by atoms with Crippen molar-refractivity contribution in [2.75, 3.05) is 30.3 Å². The number of carbonyl (C=O) groups is 2. The van der Waals surface area contributed by atoms with Gasteiger partial charge < -0.3 is 14.6 Å². The number of nitrogens with zero attached hydrogens (tertiary/aromatic N) is 4. The number of hydrogen-bond donors (Lipinski definition) is 2. The Kier molecular flexibility index (Phi) is 8.18. The minimum Gasteiger partial charge on any atom is -0.467 e. The van der Waals surface area contributed by atoms with E-state index in [2.05, 4.69) is 39.6 Å². The van der Waals surface area contributed by atoms with Gasteiger partial charge in [0.15, 0.2) is 5.16 Å². The van der Waals surface area contributed by atoms with Crippen LogP contribution in [-0.4, -0.2) is 52.1 Å². The van der Waals surface area contributed by atoms with Crippen molar-refractivity contribution in [3.05, 3.63) is 24.2 Å². The molecule has 3 rings (SSSR count). The van der Waals surface area contributed by atoms with Gasteiger partial charge in [0.1, 0.15) is 5.76 Å². The lowest BCUT2D eigenvalue weighted by Crippen LogP contribution is -2.40. The van der Waals surface area contributed by atoms with E-state index in [0.717, 1.165) is 44.1 Å². The number of furan rings is 1. The average molecular weight is 435 g/mol. The molecule has 1 aliphatic heterocycles. The first-order valence-corrected chi connectivity index (χ1v) is 11.4. The smallest absolute Gasteiger partial charge is 0.321 e. The largest absolute Gasteiger partial charge is 0.467 e. The van der Waals surface area contributed by atoms with Gasteiger partial charge in [-0.05, 0) is 43.7 Å². The predicted octanol–water partition coefficient (Wildman–Crippen LogP) is 2.87. The van der Waals surface area contributed by atoms with Crippen molar-refractivity contribution in [1.29, 1.82) is 0 Å². The van der Waals surface area contributed by atoms with Gasteiger partial charge in [-0.15, -0.1) is 10.2 Å². The van der Waals surface area contributed by atoms with Gasteiger partial charge in [-0.1, -0.05) is 25.6 Å². The maximum Gasteiger partial charge on any atom is 0.321 e. The van der Waals surface area contributed by atoms with E-state index < -0.39 is 6.03 Å². The first-order chi connectivity index (χ1) is 14.5. The van der Waals surface area contributed by atoms with Crippen LogP contribution in [0.2, 0.25) is 0 Å². The molecule has 10 heteroatoms. The van der Waals surface area contributed by atoms with Crippen LogP contribution in [0, 0.1) is 5.92 Å². The second kappa shape index (κ2) is 11.1. The first kappa shape index (κ1) is 22.2. The number of piperidine rings is 1. The van der Waals surface area contributed by atoms with Gasteiger partial charge in [-0.25, -0.2) is 4.79 Å². The maximum atomic E-state index is 12.2. The zero-order chi connectivity index (χ0) is 21.3. The van der Waals surface area contributed by atoms with Crippen molar-refractivity contribution in [3.63, 3.8) is 0 Å². The molecule has 30 heavy (non-hydrogen) atoms. The zero-order valence-electron chi connectivity index (χ0n) is 17.6. The summed E-state index contributed by atoms with van der Waals surface area (Å²) in [6.07, 6.45) is 5.99. The Morgan fingerprint density at radius 2 is 2.03 bits per heavy atom. The van der Waals surface area contributed by atoms with E-state index in [-0.39, 0.29) is 11.7 Å². The molecule has 3 heterocycles. The summed E-state index contributed by atoms with van der Waals surface area (Å²) in [5.41, 5.74) is 0. The summed E-state index contributed by atoms with van der Waals surface area (Å²) in [4.78, 5) is 26.2. The minimum atomic E-state index is -0.465. The standard InChI is InChI=1S/C20H30N6O3S/c1-15(2)8-9-21-18(28)22-17(27)14-30-20-24-23-19(25-10-4-3-5-11-25)26(20)13-16-7-6-12-29-16/h6-7,12,15H,3-5,8-11,13-14H2,1-2H3,(H2,21,22,27,28). The van der Waals surface area contributed by atoms with E-state index in [1.165, 1.54) is 18.2 Å². The van der Waals surface area contributed by atoms with Crippen LogP contribution < -0.4 is 15.5 Å². The lowest BCUT2D eigenvalue weighted by molar-refractivity contribution is -0.117. The molecule has 0 aliphatic carbocycles. The lowest BCUT2D eigenvalue weighted by atomic mass is 10.1. The molecule has 2 aromatic rings. The molecule has 0 bridgehead atoms. The third-order valence-corrected chi connectivity index (χ3v) is 5.79. The molecule has 0 unspecified atom stereocenters. The van der Waals surface area contributed by atoms with Crippen molar-refractivity contribution in [2.24, 2.45) is 5.92 Å². The number of thioether (sulfide) groups is 1. The Balaban J connectivity index is 1.59. The number of urea groups is 1. The molecule has 0 saturated carbocycles. The highest BCUT2D eigenvalue weighted by Gasteiger charge is 2.22. The molecular formula is C20H30N6O3S. The second-order valence-corrected chi connectivity index (χ2v) is 8.71. The fraction of sp³-hybridized carbons (Fsp3) is 0.600. The molecule has 2 aromatic heterocycles. The summed E-state index contributed by atoms with van der Waals surface area (Å²) in [5, 5.41) is 14.4. The zero-order valence-corrected chi connectivity index (χ0v) is 18.4. The monoisotopic (exact) mass is 434 g/mol. The predicted molar refractivity (Wildman–Crippen MR) is 116 cm³/mol. The molecule has 9 nitrogen and oxygen atoms in total. The van der Waals surface area contributed by atoms with Crippen LogP contribution in [0.25, 0.3) is 0 Å². The van der Waals surface area contributed by atoms with E-state index in [1.54, 1.807) is 6.26 Å². The van der Waals surface area contributed by atoms with Crippen LogP contribution in [-0.2, 0) is 11.3 Å². The fourth-order valence-electron chi connectivity index (χ4n) is 3.22. The quantitative estimate of drug-likeness (QED) is 0.585. The Bertz CT molecular complexity index is 815. The number of hydrogen-bond acceptors (Lipinski definition) is 7. The van der Waals surface area contributed by atoms with E-state index in [1.807, 2.05) is 16.7 Å². The molecule has 0 atom stereocenters. The van der Waals surface area contributed by atoms with Crippen molar-refractivity contribution >= 4 is 29.6 Å². The summed E-state index contributed by atoms with van der Waals surface area (Å²) >= 11 is 1.26. The fourth-order valence-corrected chi connectivity index (χ4v) is 3.96. The highest BCUT2D eigenvalue weighted by molar-refractivity contribution is 7.99. The third-order valence-electron chi connectivity index (χ3n) is 4.82. The Morgan fingerprint density at radius 1 is 1.23 bits per heavy atom. The van der Waals surface area contributed by atoms with Crippen molar-refractivity contribution in [2.45, 2.75) is 51.2 Å². The van der Waals surface area contributed by atoms with Crippen molar-refractivity contribution < 1.29 is 14.0 Å². The Hall–Kier alpha value is -2.49. The van der Waals surface area contributed by atoms with Crippen LogP contribution in [0.4, 0.5) is 10.7 Å². The van der Waals surface area contributed by atoms with Crippen LogP contribution in [0.15, 0.2) is 28.0 Å². The minimum absolute atomic E-state index is 0.0773. The van der Waals surface area contributed by atoms with E-state index in [4.69, 9.17) is 4.42 Å². The van der Waals surface area contributed by atoms with Crippen LogP contribution in [0.5, 0.6) is 0 Å². The van der Waals surface area contributed by atoms with Crippen molar-refractivity contribution in [1.82, 2.24) is 25.4 Å². The summed E-state index contributed by atoms with van der Waals surface area (Å²) < 4.78 is 7.48. The lowest BCUT2D eigenvalue weighted by Gasteiger charge is -2.27.